The van der Waals surface area contributed by atoms with E-state index in [1.54, 1.807) is 23.3 Å². The predicted molar refractivity (Wildman–Crippen MR) is 82.6 cm³/mol. The van der Waals surface area contributed by atoms with Gasteiger partial charge in [-0.25, -0.2) is 9.59 Å². The number of rotatable bonds is 3. The molecule has 1 aliphatic rings. The lowest BCUT2D eigenvalue weighted by atomic mass is 9.98. The Morgan fingerprint density at radius 2 is 2.19 bits per heavy atom. The van der Waals surface area contributed by atoms with Crippen LogP contribution in [0.25, 0.3) is 0 Å². The lowest BCUT2D eigenvalue weighted by molar-refractivity contribution is -0.143. The van der Waals surface area contributed by atoms with Gasteiger partial charge in [-0.1, -0.05) is 6.92 Å². The maximum Gasteiger partial charge on any atom is 0.331 e. The molecule has 0 bridgehead atoms. The molecule has 5 nitrogen and oxygen atoms in total. The van der Waals surface area contributed by atoms with Crippen LogP contribution in [0.5, 0.6) is 0 Å². The van der Waals surface area contributed by atoms with Gasteiger partial charge in [0.2, 0.25) is 0 Å². The summed E-state index contributed by atoms with van der Waals surface area (Å²) in [6.07, 6.45) is 1.54. The Hall–Kier alpha value is -1.56. The van der Waals surface area contributed by atoms with Crippen LogP contribution in [0.3, 0.4) is 0 Å². The molecule has 1 aromatic rings. The number of carbonyl (C=O) groups excluding carboxylic acids is 1. The standard InChI is InChI=1S/C15H22N2O3S/c1-5-15(2,3)16(4)14(20)17-8-6-11-10(7-9-21-11)12(17)13(18)19/h7,9,12H,5-6,8H2,1-4H3,(H,18,19). The van der Waals surface area contributed by atoms with Crippen molar-refractivity contribution in [3.05, 3.63) is 21.9 Å². The van der Waals surface area contributed by atoms with Crippen LogP contribution in [0, 0.1) is 0 Å². The molecular weight excluding hydrogens is 288 g/mol. The van der Waals surface area contributed by atoms with Crippen LogP contribution >= 0.6 is 11.3 Å². The Balaban J connectivity index is 2.31. The second kappa shape index (κ2) is 5.67. The fourth-order valence-electron chi connectivity index (χ4n) is 2.48. The van der Waals surface area contributed by atoms with Gasteiger partial charge in [0, 0.05) is 24.0 Å². The first kappa shape index (κ1) is 15.8. The van der Waals surface area contributed by atoms with Crippen molar-refractivity contribution in [2.24, 2.45) is 0 Å². The van der Waals surface area contributed by atoms with Gasteiger partial charge in [0.15, 0.2) is 6.04 Å². The number of carbonyl (C=O) groups is 2. The summed E-state index contributed by atoms with van der Waals surface area (Å²) < 4.78 is 0. The van der Waals surface area contributed by atoms with Gasteiger partial charge in [0.25, 0.3) is 0 Å². The van der Waals surface area contributed by atoms with Crippen LogP contribution in [0.15, 0.2) is 11.4 Å². The zero-order chi connectivity index (χ0) is 15.8. The van der Waals surface area contributed by atoms with Gasteiger partial charge in [-0.05, 0) is 43.7 Å². The van der Waals surface area contributed by atoms with Crippen molar-refractivity contribution in [3.63, 3.8) is 0 Å². The molecule has 0 fully saturated rings. The highest BCUT2D eigenvalue weighted by atomic mass is 32.1. The van der Waals surface area contributed by atoms with Crippen molar-refractivity contribution >= 4 is 23.3 Å². The molecule has 1 aromatic heterocycles. The maximum atomic E-state index is 12.7. The fourth-order valence-corrected chi connectivity index (χ4v) is 3.38. The molecule has 1 atom stereocenters. The molecule has 1 N–H and O–H groups in total. The van der Waals surface area contributed by atoms with Crippen LogP contribution in [0.1, 0.15) is 43.7 Å². The molecular formula is C15H22N2O3S. The Morgan fingerprint density at radius 3 is 2.76 bits per heavy atom. The van der Waals surface area contributed by atoms with Gasteiger partial charge < -0.3 is 14.9 Å². The number of thiophene rings is 1. The van der Waals surface area contributed by atoms with Crippen molar-refractivity contribution < 1.29 is 14.7 Å². The van der Waals surface area contributed by atoms with Crippen molar-refractivity contribution in [2.45, 2.75) is 45.2 Å². The third-order valence-electron chi connectivity index (χ3n) is 4.51. The van der Waals surface area contributed by atoms with E-state index in [0.717, 1.165) is 23.3 Å². The van der Waals surface area contributed by atoms with Gasteiger partial charge in [0.05, 0.1) is 0 Å². The van der Waals surface area contributed by atoms with E-state index in [2.05, 4.69) is 0 Å². The summed E-state index contributed by atoms with van der Waals surface area (Å²) >= 11 is 1.56. The van der Waals surface area contributed by atoms with Crippen molar-refractivity contribution in [2.75, 3.05) is 13.6 Å². The first-order valence-electron chi connectivity index (χ1n) is 7.13. The molecule has 0 saturated heterocycles. The highest BCUT2D eigenvalue weighted by Crippen LogP contribution is 2.34. The van der Waals surface area contributed by atoms with Crippen molar-refractivity contribution in [3.8, 4) is 0 Å². The molecule has 2 amide bonds. The van der Waals surface area contributed by atoms with Crippen LogP contribution in [0.4, 0.5) is 4.79 Å². The number of carboxylic acids is 1. The Morgan fingerprint density at radius 1 is 1.52 bits per heavy atom. The number of aliphatic carboxylic acids is 1. The molecule has 0 radical (unpaired) electrons. The quantitative estimate of drug-likeness (QED) is 0.933. The second-order valence-corrected chi connectivity index (χ2v) is 6.99. The van der Waals surface area contributed by atoms with E-state index in [9.17, 15) is 14.7 Å². The smallest absolute Gasteiger partial charge is 0.331 e. The summed E-state index contributed by atoms with van der Waals surface area (Å²) in [7, 11) is 1.74. The van der Waals surface area contributed by atoms with E-state index in [-0.39, 0.29) is 11.6 Å². The van der Waals surface area contributed by atoms with Gasteiger partial charge in [-0.3, -0.25) is 0 Å². The van der Waals surface area contributed by atoms with Crippen LogP contribution in [-0.4, -0.2) is 46.0 Å². The van der Waals surface area contributed by atoms with Crippen LogP contribution < -0.4 is 0 Å². The topological polar surface area (TPSA) is 60.9 Å². The average Bonchev–Trinajstić information content (AvgIpc) is 2.92. The third-order valence-corrected chi connectivity index (χ3v) is 5.50. The molecule has 2 heterocycles. The molecule has 0 saturated carbocycles. The summed E-state index contributed by atoms with van der Waals surface area (Å²) in [6.45, 7) is 6.44. The SMILES string of the molecule is CCC(C)(C)N(C)C(=O)N1CCc2sccc2C1C(=O)O. The molecule has 2 rings (SSSR count). The Labute approximate surface area is 129 Å². The predicted octanol–water partition coefficient (Wildman–Crippen LogP) is 2.97. The van der Waals surface area contributed by atoms with E-state index in [4.69, 9.17) is 0 Å². The normalized spacial score (nSPS) is 18.3. The molecule has 1 unspecified atom stereocenters. The molecule has 116 valence electrons. The summed E-state index contributed by atoms with van der Waals surface area (Å²) in [4.78, 5) is 28.6. The zero-order valence-corrected chi connectivity index (χ0v) is 13.7. The molecule has 21 heavy (non-hydrogen) atoms. The van der Waals surface area contributed by atoms with Crippen LogP contribution in [-0.2, 0) is 11.2 Å². The van der Waals surface area contributed by atoms with E-state index >= 15 is 0 Å². The van der Waals surface area contributed by atoms with E-state index in [0.29, 0.717) is 6.54 Å². The number of amides is 2. The minimum absolute atomic E-state index is 0.217. The van der Waals surface area contributed by atoms with Crippen molar-refractivity contribution in [1.82, 2.24) is 9.80 Å². The van der Waals surface area contributed by atoms with Gasteiger partial charge in [-0.2, -0.15) is 0 Å². The Kier molecular flexibility index (Phi) is 4.27. The summed E-state index contributed by atoms with van der Waals surface area (Å²) in [5, 5.41) is 11.5. The average molecular weight is 310 g/mol. The number of fused-ring (bicyclic) bond motifs is 1. The van der Waals surface area contributed by atoms with E-state index in [1.165, 1.54) is 4.90 Å². The number of carboxylic acid groups (broad SMARTS) is 1. The first-order chi connectivity index (χ1) is 9.79. The van der Waals surface area contributed by atoms with Crippen molar-refractivity contribution in [1.29, 1.82) is 0 Å². The highest BCUT2D eigenvalue weighted by molar-refractivity contribution is 7.10. The van der Waals surface area contributed by atoms with Crippen LogP contribution in [0.2, 0.25) is 0 Å². The molecule has 1 aliphatic heterocycles. The second-order valence-electron chi connectivity index (χ2n) is 5.99. The molecule has 0 spiro atoms. The van der Waals surface area contributed by atoms with Gasteiger partial charge in [0.1, 0.15) is 0 Å². The monoisotopic (exact) mass is 310 g/mol. The minimum atomic E-state index is -0.967. The number of nitrogens with zero attached hydrogens (tertiary/aromatic N) is 2. The lowest BCUT2D eigenvalue weighted by Gasteiger charge is -2.41. The number of hydrogen-bond donors (Lipinski definition) is 1. The number of urea groups is 1. The highest BCUT2D eigenvalue weighted by Gasteiger charge is 2.40. The fraction of sp³-hybridized carbons (Fsp3) is 0.600. The number of hydrogen-bond acceptors (Lipinski definition) is 3. The first-order valence-corrected chi connectivity index (χ1v) is 8.01. The molecule has 6 heteroatoms. The Bertz CT molecular complexity index is 553. The summed E-state index contributed by atoms with van der Waals surface area (Å²) in [6, 6.07) is 0.733. The van der Waals surface area contributed by atoms with Gasteiger partial charge >= 0.3 is 12.0 Å². The third kappa shape index (κ3) is 2.77. The summed E-state index contributed by atoms with van der Waals surface area (Å²) in [5.74, 6) is -0.967. The summed E-state index contributed by atoms with van der Waals surface area (Å²) in [5.41, 5.74) is 0.463. The van der Waals surface area contributed by atoms with E-state index in [1.807, 2.05) is 32.2 Å². The lowest BCUT2D eigenvalue weighted by Crippen LogP contribution is -2.54. The van der Waals surface area contributed by atoms with E-state index < -0.39 is 12.0 Å². The largest absolute Gasteiger partial charge is 0.479 e. The zero-order valence-electron chi connectivity index (χ0n) is 12.9. The maximum absolute atomic E-state index is 12.7. The molecule has 0 aliphatic carbocycles. The van der Waals surface area contributed by atoms with Gasteiger partial charge in [-0.15, -0.1) is 11.3 Å². The molecule has 0 aromatic carbocycles. The minimum Gasteiger partial charge on any atom is -0.479 e.